The molecule has 0 spiro atoms. The Labute approximate surface area is 204 Å². The largest absolute Gasteiger partial charge is 0.356 e. The zero-order chi connectivity index (χ0) is 21.2. The van der Waals surface area contributed by atoms with E-state index in [1.807, 2.05) is 19.3 Å². The van der Waals surface area contributed by atoms with Crippen LogP contribution in [0.15, 0.2) is 59.7 Å². The second-order valence-corrected chi connectivity index (χ2v) is 8.13. The van der Waals surface area contributed by atoms with Crippen molar-refractivity contribution >= 4 is 35.8 Å². The number of benzene rings is 1. The fourth-order valence-electron chi connectivity index (χ4n) is 3.83. The predicted molar refractivity (Wildman–Crippen MR) is 141 cm³/mol. The van der Waals surface area contributed by atoms with E-state index >= 15 is 0 Å². The van der Waals surface area contributed by atoms with Crippen molar-refractivity contribution in [1.29, 1.82) is 0 Å². The Kier molecular flexibility index (Phi) is 11.1. The molecule has 6 nitrogen and oxygen atoms in total. The Balaban J connectivity index is 0.00000341. The van der Waals surface area contributed by atoms with Gasteiger partial charge in [0.1, 0.15) is 5.82 Å². The summed E-state index contributed by atoms with van der Waals surface area (Å²) in [6, 6.07) is 17.7. The summed E-state index contributed by atoms with van der Waals surface area (Å²) < 4.78 is 0. The number of anilines is 1. The van der Waals surface area contributed by atoms with Crippen LogP contribution in [0.4, 0.5) is 5.82 Å². The lowest BCUT2D eigenvalue weighted by molar-refractivity contribution is 0.238. The standard InChI is InChI=1S/C24H36N6.HI/c1-20(29(3)19-21-9-5-4-6-10-21)12-16-27-24(25-2)28-22-13-17-30(18-14-22)23-11-7-8-15-26-23;/h4-11,15,20,22H,12-14,16-19H2,1-3H3,(H2,25,27,28);1H. The molecule has 0 amide bonds. The quantitative estimate of drug-likeness (QED) is 0.306. The normalized spacial score (nSPS) is 16.0. The highest BCUT2D eigenvalue weighted by atomic mass is 127. The van der Waals surface area contributed by atoms with Crippen molar-refractivity contribution in [3.8, 4) is 0 Å². The fourth-order valence-corrected chi connectivity index (χ4v) is 3.83. The zero-order valence-electron chi connectivity index (χ0n) is 19.0. The van der Waals surface area contributed by atoms with Crippen LogP contribution in [0.1, 0.15) is 31.7 Å². The first-order chi connectivity index (χ1) is 14.7. The molecule has 2 heterocycles. The monoisotopic (exact) mass is 536 g/mol. The van der Waals surface area contributed by atoms with E-state index in [-0.39, 0.29) is 24.0 Å². The number of pyridine rings is 1. The summed E-state index contributed by atoms with van der Waals surface area (Å²) in [5, 5.41) is 7.09. The number of halogens is 1. The molecule has 0 saturated carbocycles. The maximum Gasteiger partial charge on any atom is 0.191 e. The number of hydrogen-bond donors (Lipinski definition) is 2. The SMILES string of the molecule is CN=C(NCCC(C)N(C)Cc1ccccc1)NC1CCN(c2ccccn2)CC1.I. The number of guanidine groups is 1. The van der Waals surface area contributed by atoms with Crippen molar-refractivity contribution in [2.45, 2.75) is 44.8 Å². The van der Waals surface area contributed by atoms with Gasteiger partial charge in [-0.2, -0.15) is 0 Å². The van der Waals surface area contributed by atoms with Crippen LogP contribution >= 0.6 is 24.0 Å². The van der Waals surface area contributed by atoms with Crippen LogP contribution in [0.3, 0.4) is 0 Å². The molecular weight excluding hydrogens is 499 g/mol. The van der Waals surface area contributed by atoms with Crippen molar-refractivity contribution in [2.24, 2.45) is 4.99 Å². The first-order valence-electron chi connectivity index (χ1n) is 11.0. The van der Waals surface area contributed by atoms with Crippen molar-refractivity contribution < 1.29 is 0 Å². The summed E-state index contributed by atoms with van der Waals surface area (Å²) in [7, 11) is 4.05. The van der Waals surface area contributed by atoms with E-state index in [0.717, 1.165) is 57.2 Å². The maximum absolute atomic E-state index is 4.47. The van der Waals surface area contributed by atoms with Gasteiger partial charge in [-0.15, -0.1) is 24.0 Å². The number of nitrogens with one attached hydrogen (secondary N) is 2. The molecule has 31 heavy (non-hydrogen) atoms. The van der Waals surface area contributed by atoms with E-state index in [1.54, 1.807) is 0 Å². The van der Waals surface area contributed by atoms with Crippen molar-refractivity contribution in [3.05, 3.63) is 60.3 Å². The Bertz CT molecular complexity index is 762. The molecular formula is C24H37IN6. The Morgan fingerprint density at radius 3 is 2.52 bits per heavy atom. The summed E-state index contributed by atoms with van der Waals surface area (Å²) in [5.41, 5.74) is 1.36. The van der Waals surface area contributed by atoms with Crippen LogP contribution < -0.4 is 15.5 Å². The third kappa shape index (κ3) is 8.29. The number of piperidine rings is 1. The summed E-state index contributed by atoms with van der Waals surface area (Å²) in [5.74, 6) is 1.98. The van der Waals surface area contributed by atoms with Crippen molar-refractivity contribution in [1.82, 2.24) is 20.5 Å². The number of aromatic nitrogens is 1. The van der Waals surface area contributed by atoms with Crippen LogP contribution in [-0.2, 0) is 6.54 Å². The summed E-state index contributed by atoms with van der Waals surface area (Å²) in [6.07, 6.45) is 5.12. The minimum absolute atomic E-state index is 0. The van der Waals surface area contributed by atoms with Crippen LogP contribution in [-0.4, -0.2) is 61.7 Å². The topological polar surface area (TPSA) is 55.8 Å². The highest BCUT2D eigenvalue weighted by molar-refractivity contribution is 14.0. The van der Waals surface area contributed by atoms with Crippen LogP contribution in [0.5, 0.6) is 0 Å². The maximum atomic E-state index is 4.47. The molecule has 3 rings (SSSR count). The molecule has 2 aromatic rings. The lowest BCUT2D eigenvalue weighted by Gasteiger charge is -2.34. The second kappa shape index (κ2) is 13.5. The van der Waals surface area contributed by atoms with Crippen LogP contribution in [0.25, 0.3) is 0 Å². The first-order valence-corrected chi connectivity index (χ1v) is 11.0. The number of hydrogen-bond acceptors (Lipinski definition) is 4. The Hall–Kier alpha value is -1.87. The van der Waals surface area contributed by atoms with Gasteiger partial charge >= 0.3 is 0 Å². The van der Waals surface area contributed by atoms with Gasteiger partial charge in [0.2, 0.25) is 0 Å². The first kappa shape index (κ1) is 25.4. The average molecular weight is 537 g/mol. The van der Waals surface area contributed by atoms with Gasteiger partial charge in [-0.25, -0.2) is 4.98 Å². The van der Waals surface area contributed by atoms with Crippen molar-refractivity contribution in [2.75, 3.05) is 38.6 Å². The van der Waals surface area contributed by atoms with Gasteiger partial charge in [0.25, 0.3) is 0 Å². The van der Waals surface area contributed by atoms with Gasteiger partial charge in [0, 0.05) is 51.5 Å². The summed E-state index contributed by atoms with van der Waals surface area (Å²) in [6.45, 7) is 6.21. The van der Waals surface area contributed by atoms with E-state index in [4.69, 9.17) is 0 Å². The summed E-state index contributed by atoms with van der Waals surface area (Å²) in [4.78, 5) is 13.7. The lowest BCUT2D eigenvalue weighted by atomic mass is 10.1. The number of nitrogens with zero attached hydrogens (tertiary/aromatic N) is 4. The van der Waals surface area contributed by atoms with Crippen LogP contribution in [0, 0.1) is 0 Å². The molecule has 0 aliphatic carbocycles. The number of rotatable bonds is 8. The minimum Gasteiger partial charge on any atom is -0.356 e. The van der Waals surface area contributed by atoms with Crippen LogP contribution in [0.2, 0.25) is 0 Å². The zero-order valence-corrected chi connectivity index (χ0v) is 21.3. The fraction of sp³-hybridized carbons (Fsp3) is 0.500. The van der Waals surface area contributed by atoms with E-state index in [9.17, 15) is 0 Å². The minimum atomic E-state index is 0. The molecule has 1 saturated heterocycles. The van der Waals surface area contributed by atoms with E-state index in [0.29, 0.717) is 12.1 Å². The molecule has 2 N–H and O–H groups in total. The molecule has 1 fully saturated rings. The van der Waals surface area contributed by atoms with Gasteiger partial charge in [-0.3, -0.25) is 9.89 Å². The van der Waals surface area contributed by atoms with Gasteiger partial charge in [0.05, 0.1) is 0 Å². The smallest absolute Gasteiger partial charge is 0.191 e. The average Bonchev–Trinajstić information content (AvgIpc) is 2.80. The Morgan fingerprint density at radius 1 is 1.16 bits per heavy atom. The molecule has 1 aliphatic rings. The Morgan fingerprint density at radius 2 is 1.87 bits per heavy atom. The molecule has 1 aliphatic heterocycles. The van der Waals surface area contributed by atoms with Gasteiger partial charge in [0.15, 0.2) is 5.96 Å². The highest BCUT2D eigenvalue weighted by Gasteiger charge is 2.20. The molecule has 0 bridgehead atoms. The van der Waals surface area contributed by atoms with Gasteiger partial charge in [-0.05, 0) is 50.9 Å². The molecule has 1 unspecified atom stereocenters. The molecule has 0 radical (unpaired) electrons. The summed E-state index contributed by atoms with van der Waals surface area (Å²) >= 11 is 0. The van der Waals surface area contributed by atoms with E-state index in [1.165, 1.54) is 5.56 Å². The molecule has 1 aromatic carbocycles. The highest BCUT2D eigenvalue weighted by Crippen LogP contribution is 2.17. The number of aliphatic imine (C=N–C) groups is 1. The molecule has 170 valence electrons. The van der Waals surface area contributed by atoms with Crippen molar-refractivity contribution in [3.63, 3.8) is 0 Å². The third-order valence-electron chi connectivity index (χ3n) is 5.91. The molecule has 1 atom stereocenters. The third-order valence-corrected chi connectivity index (χ3v) is 5.91. The van der Waals surface area contributed by atoms with E-state index < -0.39 is 0 Å². The predicted octanol–water partition coefficient (Wildman–Crippen LogP) is 3.74. The van der Waals surface area contributed by atoms with Gasteiger partial charge < -0.3 is 15.5 Å². The molecule has 1 aromatic heterocycles. The second-order valence-electron chi connectivity index (χ2n) is 8.13. The van der Waals surface area contributed by atoms with Gasteiger partial charge in [-0.1, -0.05) is 36.4 Å². The lowest BCUT2D eigenvalue weighted by Crippen LogP contribution is -2.49. The van der Waals surface area contributed by atoms with E-state index in [2.05, 4.69) is 86.8 Å². The molecule has 7 heteroatoms.